The summed E-state index contributed by atoms with van der Waals surface area (Å²) in [6.45, 7) is 2.61. The van der Waals surface area contributed by atoms with Crippen LogP contribution in [0.15, 0.2) is 47.1 Å². The molecule has 0 spiro atoms. The van der Waals surface area contributed by atoms with Crippen molar-refractivity contribution in [1.29, 1.82) is 0 Å². The second-order valence-corrected chi connectivity index (χ2v) is 5.03. The van der Waals surface area contributed by atoms with Crippen molar-refractivity contribution in [3.63, 3.8) is 0 Å². The number of benzene rings is 1. The Morgan fingerprint density at radius 3 is 2.78 bits per heavy atom. The summed E-state index contributed by atoms with van der Waals surface area (Å²) in [6.07, 6.45) is 1.86. The quantitative estimate of drug-likeness (QED) is 0.793. The summed E-state index contributed by atoms with van der Waals surface area (Å²) in [5, 5.41) is 0. The van der Waals surface area contributed by atoms with E-state index in [1.165, 1.54) is 11.2 Å². The standard InChI is InChI=1S/C17H17NO5/c1-2-21-14-7-4-3-6-12(14)18(13-9-11-23-17(13)20)16(19)15-8-5-10-22-15/h3-8,10,13H,2,9,11H2,1H3. The highest BCUT2D eigenvalue weighted by molar-refractivity contribution is 6.08. The van der Waals surface area contributed by atoms with Crippen LogP contribution in [0, 0.1) is 0 Å². The first kappa shape index (κ1) is 15.1. The van der Waals surface area contributed by atoms with E-state index in [4.69, 9.17) is 13.9 Å². The maximum atomic E-state index is 12.9. The average molecular weight is 315 g/mol. The number of anilines is 1. The predicted octanol–water partition coefficient (Wildman–Crippen LogP) is 2.64. The molecule has 0 N–H and O–H groups in total. The molecule has 0 saturated carbocycles. The Morgan fingerprint density at radius 1 is 1.30 bits per heavy atom. The van der Waals surface area contributed by atoms with Crippen LogP contribution in [0.1, 0.15) is 23.9 Å². The Labute approximate surface area is 133 Å². The second-order valence-electron chi connectivity index (χ2n) is 5.03. The Hall–Kier alpha value is -2.76. The normalized spacial score (nSPS) is 16.9. The summed E-state index contributed by atoms with van der Waals surface area (Å²) >= 11 is 0. The highest BCUT2D eigenvalue weighted by Crippen LogP contribution is 2.33. The van der Waals surface area contributed by atoms with E-state index in [2.05, 4.69) is 0 Å². The van der Waals surface area contributed by atoms with E-state index in [1.807, 2.05) is 13.0 Å². The molecule has 1 aliphatic rings. The number of hydrogen-bond acceptors (Lipinski definition) is 5. The Kier molecular flexibility index (Phi) is 4.32. The van der Waals surface area contributed by atoms with Crippen molar-refractivity contribution in [2.75, 3.05) is 18.1 Å². The molecule has 1 saturated heterocycles. The van der Waals surface area contributed by atoms with Crippen LogP contribution in [0.4, 0.5) is 5.69 Å². The van der Waals surface area contributed by atoms with Gasteiger partial charge in [0.25, 0.3) is 5.91 Å². The lowest BCUT2D eigenvalue weighted by Crippen LogP contribution is -2.43. The van der Waals surface area contributed by atoms with Crippen LogP contribution >= 0.6 is 0 Å². The van der Waals surface area contributed by atoms with Gasteiger partial charge >= 0.3 is 5.97 Å². The fourth-order valence-corrected chi connectivity index (χ4v) is 2.59. The van der Waals surface area contributed by atoms with Crippen molar-refractivity contribution in [2.24, 2.45) is 0 Å². The van der Waals surface area contributed by atoms with E-state index in [-0.39, 0.29) is 5.76 Å². The summed E-state index contributed by atoms with van der Waals surface area (Å²) in [6, 6.07) is 9.64. The molecule has 2 heterocycles. The molecule has 1 amide bonds. The lowest BCUT2D eigenvalue weighted by atomic mass is 10.1. The maximum absolute atomic E-state index is 12.9. The number of carbonyl (C=O) groups excluding carboxylic acids is 2. The van der Waals surface area contributed by atoms with Gasteiger partial charge in [-0.1, -0.05) is 12.1 Å². The van der Waals surface area contributed by atoms with Crippen LogP contribution in [-0.4, -0.2) is 31.1 Å². The first-order valence-corrected chi connectivity index (χ1v) is 7.48. The molecule has 1 aromatic carbocycles. The van der Waals surface area contributed by atoms with Crippen LogP contribution < -0.4 is 9.64 Å². The zero-order valence-electron chi connectivity index (χ0n) is 12.7. The summed E-state index contributed by atoms with van der Waals surface area (Å²) in [4.78, 5) is 26.3. The summed E-state index contributed by atoms with van der Waals surface area (Å²) in [5.41, 5.74) is 0.527. The molecule has 3 rings (SSSR count). The monoisotopic (exact) mass is 315 g/mol. The molecule has 120 valence electrons. The first-order valence-electron chi connectivity index (χ1n) is 7.48. The molecule has 6 heteroatoms. The molecule has 6 nitrogen and oxygen atoms in total. The van der Waals surface area contributed by atoms with Crippen LogP contribution in [0.2, 0.25) is 0 Å². The fraction of sp³-hybridized carbons (Fsp3) is 0.294. The molecule has 1 atom stereocenters. The molecule has 23 heavy (non-hydrogen) atoms. The van der Waals surface area contributed by atoms with Gasteiger partial charge in [0.2, 0.25) is 0 Å². The van der Waals surface area contributed by atoms with Crippen LogP contribution in [0.25, 0.3) is 0 Å². The molecule has 1 fully saturated rings. The van der Waals surface area contributed by atoms with Gasteiger partial charge in [-0.05, 0) is 31.2 Å². The van der Waals surface area contributed by atoms with Gasteiger partial charge in [-0.3, -0.25) is 9.69 Å². The van der Waals surface area contributed by atoms with E-state index in [0.29, 0.717) is 31.1 Å². The third-order valence-corrected chi connectivity index (χ3v) is 3.59. The van der Waals surface area contributed by atoms with Crippen molar-refractivity contribution in [1.82, 2.24) is 0 Å². The number of carbonyl (C=O) groups is 2. The average Bonchev–Trinajstić information content (AvgIpc) is 3.22. The molecule has 0 bridgehead atoms. The van der Waals surface area contributed by atoms with Crippen LogP contribution in [0.3, 0.4) is 0 Å². The number of para-hydroxylation sites is 2. The minimum Gasteiger partial charge on any atom is -0.492 e. The molecule has 2 aromatic rings. The van der Waals surface area contributed by atoms with Gasteiger partial charge < -0.3 is 13.9 Å². The highest BCUT2D eigenvalue weighted by atomic mass is 16.5. The first-order chi connectivity index (χ1) is 11.2. The second kappa shape index (κ2) is 6.56. The number of rotatable bonds is 5. The van der Waals surface area contributed by atoms with E-state index in [0.717, 1.165) is 0 Å². The van der Waals surface area contributed by atoms with Gasteiger partial charge in [-0.15, -0.1) is 0 Å². The van der Waals surface area contributed by atoms with Gasteiger partial charge in [0.1, 0.15) is 11.8 Å². The van der Waals surface area contributed by atoms with Crippen molar-refractivity contribution in [3.8, 4) is 5.75 Å². The molecule has 1 aromatic heterocycles. The topological polar surface area (TPSA) is 69.0 Å². The van der Waals surface area contributed by atoms with Gasteiger partial charge in [0, 0.05) is 6.42 Å². The SMILES string of the molecule is CCOc1ccccc1N(C(=O)c1ccco1)C1CCOC1=O. The molecule has 1 unspecified atom stereocenters. The minimum absolute atomic E-state index is 0.163. The van der Waals surface area contributed by atoms with E-state index in [1.54, 1.807) is 30.3 Å². The summed E-state index contributed by atoms with van der Waals surface area (Å²) in [5.74, 6) is -0.118. The predicted molar refractivity (Wildman–Crippen MR) is 82.5 cm³/mol. The highest BCUT2D eigenvalue weighted by Gasteiger charge is 2.38. The van der Waals surface area contributed by atoms with E-state index < -0.39 is 17.9 Å². The number of hydrogen-bond donors (Lipinski definition) is 0. The van der Waals surface area contributed by atoms with Gasteiger partial charge in [-0.25, -0.2) is 4.79 Å². The zero-order valence-corrected chi connectivity index (χ0v) is 12.7. The lowest BCUT2D eigenvalue weighted by molar-refractivity contribution is -0.139. The van der Waals surface area contributed by atoms with Crippen molar-refractivity contribution in [2.45, 2.75) is 19.4 Å². The molecular weight excluding hydrogens is 298 g/mol. The number of esters is 1. The van der Waals surface area contributed by atoms with E-state index in [9.17, 15) is 9.59 Å². The maximum Gasteiger partial charge on any atom is 0.329 e. The molecule has 0 radical (unpaired) electrons. The Bertz CT molecular complexity index is 695. The number of amides is 1. The smallest absolute Gasteiger partial charge is 0.329 e. The van der Waals surface area contributed by atoms with Crippen molar-refractivity contribution >= 4 is 17.6 Å². The number of ether oxygens (including phenoxy) is 2. The zero-order chi connectivity index (χ0) is 16.2. The molecule has 0 aliphatic carbocycles. The van der Waals surface area contributed by atoms with Gasteiger partial charge in [0.15, 0.2) is 5.76 Å². The van der Waals surface area contributed by atoms with Gasteiger partial charge in [-0.2, -0.15) is 0 Å². The van der Waals surface area contributed by atoms with Crippen LogP contribution in [-0.2, 0) is 9.53 Å². The lowest BCUT2D eigenvalue weighted by Gasteiger charge is -2.27. The van der Waals surface area contributed by atoms with E-state index >= 15 is 0 Å². The third kappa shape index (κ3) is 2.92. The summed E-state index contributed by atoms with van der Waals surface area (Å²) in [7, 11) is 0. The third-order valence-electron chi connectivity index (χ3n) is 3.59. The minimum atomic E-state index is -0.686. The Balaban J connectivity index is 2.05. The number of furan rings is 1. The fourth-order valence-electron chi connectivity index (χ4n) is 2.59. The Morgan fingerprint density at radius 2 is 2.13 bits per heavy atom. The van der Waals surface area contributed by atoms with Crippen molar-refractivity contribution in [3.05, 3.63) is 48.4 Å². The number of cyclic esters (lactones) is 1. The number of nitrogens with zero attached hydrogens (tertiary/aromatic N) is 1. The van der Waals surface area contributed by atoms with Gasteiger partial charge in [0.05, 0.1) is 25.2 Å². The summed E-state index contributed by atoms with van der Waals surface area (Å²) < 4.78 is 15.8. The van der Waals surface area contributed by atoms with Crippen molar-refractivity contribution < 1.29 is 23.5 Å². The molecular formula is C17H17NO5. The van der Waals surface area contributed by atoms with Crippen LogP contribution in [0.5, 0.6) is 5.75 Å². The molecule has 1 aliphatic heterocycles. The largest absolute Gasteiger partial charge is 0.492 e.